The van der Waals surface area contributed by atoms with Crippen LogP contribution in [-0.2, 0) is 4.74 Å². The molecule has 82 valence electrons. The van der Waals surface area contributed by atoms with Crippen LogP contribution < -0.4 is 5.32 Å². The molecule has 0 atom stereocenters. The molecule has 1 aromatic rings. The minimum absolute atomic E-state index is 0.427. The number of hydrogen-bond acceptors (Lipinski definition) is 4. The lowest BCUT2D eigenvalue weighted by molar-refractivity contribution is 0.00292. The summed E-state index contributed by atoms with van der Waals surface area (Å²) in [7, 11) is 0. The maximum absolute atomic E-state index is 5.48. The van der Waals surface area contributed by atoms with Crippen molar-refractivity contribution in [3.63, 3.8) is 0 Å². The van der Waals surface area contributed by atoms with E-state index in [1.54, 1.807) is 12.4 Å². The van der Waals surface area contributed by atoms with Gasteiger partial charge in [0.15, 0.2) is 0 Å². The van der Waals surface area contributed by atoms with Gasteiger partial charge in [0.05, 0.1) is 18.5 Å². The van der Waals surface area contributed by atoms with Crippen LogP contribution in [0.5, 0.6) is 0 Å². The molecule has 0 aromatic carbocycles. The van der Waals surface area contributed by atoms with E-state index in [0.29, 0.717) is 12.1 Å². The summed E-state index contributed by atoms with van der Waals surface area (Å²) in [5.41, 5.74) is 0. The van der Waals surface area contributed by atoms with Crippen LogP contribution in [0.3, 0.4) is 0 Å². The Kier molecular flexibility index (Phi) is 3.53. The zero-order chi connectivity index (χ0) is 10.7. The lowest BCUT2D eigenvalue weighted by Gasteiger charge is -2.35. The molecule has 1 aromatic heterocycles. The molecule has 5 heteroatoms. The third kappa shape index (κ3) is 2.89. The first-order valence-corrected chi connectivity index (χ1v) is 5.93. The van der Waals surface area contributed by atoms with E-state index in [1.807, 2.05) is 6.92 Å². The molecule has 0 saturated heterocycles. The van der Waals surface area contributed by atoms with E-state index in [9.17, 15) is 0 Å². The first-order chi connectivity index (χ1) is 7.28. The molecule has 1 fully saturated rings. The Hall–Kier alpha value is -0.680. The standard InChI is InChI=1S/C10H14BrN3O/c1-2-15-8-3-7(4-8)14-10-6-12-9(11)5-13-10/h5-8H,2-4H2,1H3,(H,13,14). The van der Waals surface area contributed by atoms with Gasteiger partial charge in [0, 0.05) is 12.6 Å². The topological polar surface area (TPSA) is 47.0 Å². The molecule has 0 radical (unpaired) electrons. The van der Waals surface area contributed by atoms with Gasteiger partial charge in [-0.05, 0) is 35.7 Å². The molecule has 0 amide bonds. The molecule has 0 aliphatic heterocycles. The normalized spacial score (nSPS) is 24.7. The molecule has 2 rings (SSSR count). The van der Waals surface area contributed by atoms with E-state index in [4.69, 9.17) is 4.74 Å². The number of halogens is 1. The molecule has 15 heavy (non-hydrogen) atoms. The van der Waals surface area contributed by atoms with Crippen molar-refractivity contribution in [2.45, 2.75) is 31.9 Å². The molecule has 4 nitrogen and oxygen atoms in total. The summed E-state index contributed by atoms with van der Waals surface area (Å²) in [5.74, 6) is 0.832. The van der Waals surface area contributed by atoms with E-state index in [0.717, 1.165) is 29.9 Å². The van der Waals surface area contributed by atoms with Crippen LogP contribution in [0.1, 0.15) is 19.8 Å². The maximum atomic E-state index is 5.48. The molecular weight excluding hydrogens is 258 g/mol. The molecule has 0 unspecified atom stereocenters. The van der Waals surface area contributed by atoms with Crippen molar-refractivity contribution >= 4 is 21.7 Å². The summed E-state index contributed by atoms with van der Waals surface area (Å²) in [6.45, 7) is 2.83. The van der Waals surface area contributed by atoms with Gasteiger partial charge in [-0.15, -0.1) is 0 Å². The highest BCUT2D eigenvalue weighted by molar-refractivity contribution is 9.10. The number of anilines is 1. The van der Waals surface area contributed by atoms with Crippen LogP contribution in [0.2, 0.25) is 0 Å². The van der Waals surface area contributed by atoms with Gasteiger partial charge in [0.25, 0.3) is 0 Å². The van der Waals surface area contributed by atoms with E-state index in [-0.39, 0.29) is 0 Å². The Labute approximate surface area is 97.6 Å². The number of aromatic nitrogens is 2. The minimum Gasteiger partial charge on any atom is -0.378 e. The van der Waals surface area contributed by atoms with Crippen LogP contribution in [0.4, 0.5) is 5.82 Å². The molecular formula is C10H14BrN3O. The molecule has 0 bridgehead atoms. The second kappa shape index (κ2) is 4.90. The van der Waals surface area contributed by atoms with Crippen LogP contribution >= 0.6 is 15.9 Å². The average molecular weight is 272 g/mol. The molecule has 1 N–H and O–H groups in total. The van der Waals surface area contributed by atoms with Crippen molar-refractivity contribution in [3.05, 3.63) is 17.0 Å². The van der Waals surface area contributed by atoms with E-state index in [2.05, 4.69) is 31.2 Å². The fraction of sp³-hybridized carbons (Fsp3) is 0.600. The third-order valence-electron chi connectivity index (χ3n) is 2.47. The lowest BCUT2D eigenvalue weighted by atomic mass is 9.89. The molecule has 1 aliphatic carbocycles. The van der Waals surface area contributed by atoms with Gasteiger partial charge in [0.1, 0.15) is 10.4 Å². The average Bonchev–Trinajstić information content (AvgIpc) is 2.18. The first-order valence-electron chi connectivity index (χ1n) is 5.13. The Morgan fingerprint density at radius 1 is 1.47 bits per heavy atom. The van der Waals surface area contributed by atoms with Gasteiger partial charge in [-0.1, -0.05) is 0 Å². The predicted molar refractivity (Wildman–Crippen MR) is 61.8 cm³/mol. The zero-order valence-electron chi connectivity index (χ0n) is 8.61. The Balaban J connectivity index is 1.77. The highest BCUT2D eigenvalue weighted by atomic mass is 79.9. The fourth-order valence-corrected chi connectivity index (χ4v) is 1.86. The van der Waals surface area contributed by atoms with Gasteiger partial charge in [-0.25, -0.2) is 9.97 Å². The summed E-state index contributed by atoms with van der Waals surface area (Å²) in [5, 5.41) is 3.32. The van der Waals surface area contributed by atoms with Crippen LogP contribution in [0, 0.1) is 0 Å². The van der Waals surface area contributed by atoms with Crippen molar-refractivity contribution in [1.82, 2.24) is 9.97 Å². The van der Waals surface area contributed by atoms with E-state index >= 15 is 0 Å². The first kappa shape index (κ1) is 10.8. The van der Waals surface area contributed by atoms with Gasteiger partial charge in [-0.3, -0.25) is 0 Å². The van der Waals surface area contributed by atoms with Crippen molar-refractivity contribution in [3.8, 4) is 0 Å². The van der Waals surface area contributed by atoms with Gasteiger partial charge < -0.3 is 10.1 Å². The number of ether oxygens (including phenoxy) is 1. The highest BCUT2D eigenvalue weighted by Gasteiger charge is 2.29. The Morgan fingerprint density at radius 2 is 2.27 bits per heavy atom. The number of rotatable bonds is 4. The quantitative estimate of drug-likeness (QED) is 0.913. The molecule has 1 heterocycles. The maximum Gasteiger partial charge on any atom is 0.144 e. The monoisotopic (exact) mass is 271 g/mol. The molecule has 1 saturated carbocycles. The SMILES string of the molecule is CCOC1CC(Nc2cnc(Br)cn2)C1. The molecule has 0 spiro atoms. The third-order valence-corrected chi connectivity index (χ3v) is 2.88. The molecule has 1 aliphatic rings. The summed E-state index contributed by atoms with van der Waals surface area (Å²) in [6.07, 6.45) is 5.98. The van der Waals surface area contributed by atoms with Gasteiger partial charge >= 0.3 is 0 Å². The second-order valence-corrected chi connectivity index (χ2v) is 4.43. The number of hydrogen-bond donors (Lipinski definition) is 1. The van der Waals surface area contributed by atoms with Crippen LogP contribution in [-0.4, -0.2) is 28.7 Å². The summed E-state index contributed by atoms with van der Waals surface area (Å²) in [6, 6.07) is 0.483. The van der Waals surface area contributed by atoms with Crippen LogP contribution in [0.25, 0.3) is 0 Å². The van der Waals surface area contributed by atoms with Gasteiger partial charge in [-0.2, -0.15) is 0 Å². The summed E-state index contributed by atoms with van der Waals surface area (Å²) < 4.78 is 6.24. The summed E-state index contributed by atoms with van der Waals surface area (Å²) in [4.78, 5) is 8.32. The number of nitrogens with zero attached hydrogens (tertiary/aromatic N) is 2. The smallest absolute Gasteiger partial charge is 0.144 e. The largest absolute Gasteiger partial charge is 0.378 e. The summed E-state index contributed by atoms with van der Waals surface area (Å²) >= 11 is 3.25. The van der Waals surface area contributed by atoms with Crippen molar-refractivity contribution in [1.29, 1.82) is 0 Å². The van der Waals surface area contributed by atoms with Crippen molar-refractivity contribution in [2.75, 3.05) is 11.9 Å². The van der Waals surface area contributed by atoms with Gasteiger partial charge in [0.2, 0.25) is 0 Å². The van der Waals surface area contributed by atoms with E-state index < -0.39 is 0 Å². The zero-order valence-corrected chi connectivity index (χ0v) is 10.2. The van der Waals surface area contributed by atoms with E-state index in [1.165, 1.54) is 0 Å². The second-order valence-electron chi connectivity index (χ2n) is 3.61. The minimum atomic E-state index is 0.427. The lowest BCUT2D eigenvalue weighted by Crippen LogP contribution is -2.41. The fourth-order valence-electron chi connectivity index (χ4n) is 1.65. The highest BCUT2D eigenvalue weighted by Crippen LogP contribution is 2.25. The van der Waals surface area contributed by atoms with Crippen molar-refractivity contribution in [2.24, 2.45) is 0 Å². The predicted octanol–water partition coefficient (Wildman–Crippen LogP) is 2.22. The Bertz CT molecular complexity index is 311. The van der Waals surface area contributed by atoms with Crippen molar-refractivity contribution < 1.29 is 4.74 Å². The Morgan fingerprint density at radius 3 is 2.87 bits per heavy atom. The van der Waals surface area contributed by atoms with Crippen LogP contribution in [0.15, 0.2) is 17.0 Å². The number of nitrogens with one attached hydrogen (secondary N) is 1.